The summed E-state index contributed by atoms with van der Waals surface area (Å²) in [5, 5.41) is 3.21. The molecule has 0 aliphatic carbocycles. The van der Waals surface area contributed by atoms with Crippen LogP contribution in [0, 0.1) is 0 Å². The fourth-order valence-corrected chi connectivity index (χ4v) is 52.9. The van der Waals surface area contributed by atoms with Gasteiger partial charge in [-0.15, -0.1) is 39.5 Å². The van der Waals surface area contributed by atoms with E-state index in [1.807, 2.05) is 115 Å². The van der Waals surface area contributed by atoms with Crippen molar-refractivity contribution in [1.29, 1.82) is 0 Å². The zero-order valence-corrected chi connectivity index (χ0v) is 63.9. The lowest BCUT2D eigenvalue weighted by Gasteiger charge is -2.42. The van der Waals surface area contributed by atoms with E-state index in [0.29, 0.717) is 13.2 Å². The van der Waals surface area contributed by atoms with Gasteiger partial charge in [0.2, 0.25) is 25.0 Å². The van der Waals surface area contributed by atoms with E-state index in [9.17, 15) is 0 Å². The van der Waals surface area contributed by atoms with Crippen molar-refractivity contribution in [2.45, 2.75) is 138 Å². The van der Waals surface area contributed by atoms with Crippen LogP contribution in [0.3, 0.4) is 0 Å². The van der Waals surface area contributed by atoms with Gasteiger partial charge in [-0.2, -0.15) is 0 Å². The van der Waals surface area contributed by atoms with Gasteiger partial charge in [-0.25, -0.2) is 0 Å². The minimum atomic E-state index is -2.94. The van der Waals surface area contributed by atoms with Crippen molar-refractivity contribution in [3.05, 3.63) is 165 Å². The molecular weight excluding hydrogens is 1180 g/mol. The maximum absolute atomic E-state index is 6.77. The molecule has 6 unspecified atom stereocenters. The highest BCUT2D eigenvalue weighted by Crippen LogP contribution is 2.29. The number of hydrogen-bond donors (Lipinski definition) is 0. The SMILES string of the molecule is C=C[Si](C)(C)O[Si](C)(OC)O[Si](C)(O[Si](C)(C)C=C)c1ccccc1.C=C[Si](C)(C)O[Si](C)(OCC)O[Si](C)(O[Si](C)(C)C=C)c1ccccc1.C=C[Si](C)(C)O[Si](C)(OCCC)O[Si](C)(O[Si](C)(C)C=C)c1ccccc1. The quantitative estimate of drug-likeness (QED) is 0.0542. The van der Waals surface area contributed by atoms with Gasteiger partial charge in [0.05, 0.1) is 0 Å². The molecule has 0 amide bonds. The molecule has 0 aliphatic rings. The first-order chi connectivity index (χ1) is 35.7. The molecule has 0 N–H and O–H groups in total. The van der Waals surface area contributed by atoms with Crippen LogP contribution in [0.5, 0.6) is 0 Å². The van der Waals surface area contributed by atoms with Crippen LogP contribution >= 0.6 is 0 Å². The van der Waals surface area contributed by atoms with Crippen molar-refractivity contribution in [3.8, 4) is 0 Å². The Kier molecular flexibility index (Phi) is 29.7. The third kappa shape index (κ3) is 25.8. The second kappa shape index (κ2) is 31.2. The topological polar surface area (TPSA) is 111 Å². The maximum Gasteiger partial charge on any atom is 0.478 e. The summed E-state index contributed by atoms with van der Waals surface area (Å²) >= 11 is 0. The van der Waals surface area contributed by atoms with Gasteiger partial charge >= 0.3 is 52.1 Å². The Labute approximate surface area is 487 Å². The van der Waals surface area contributed by atoms with E-state index in [1.165, 1.54) is 0 Å². The highest BCUT2D eigenvalue weighted by molar-refractivity contribution is 6.98. The summed E-state index contributed by atoms with van der Waals surface area (Å²) < 4.78 is 77.4. The number of benzene rings is 3. The van der Waals surface area contributed by atoms with E-state index in [0.717, 1.165) is 22.0 Å². The summed E-state index contributed by atoms with van der Waals surface area (Å²) in [4.78, 5) is 0. The highest BCUT2D eigenvalue weighted by atomic mass is 28.5. The molecule has 0 saturated heterocycles. The summed E-state index contributed by atoms with van der Waals surface area (Å²) in [5.74, 6) is 0. The first-order valence-corrected chi connectivity index (χ1v) is 58.4. The Morgan fingerprint density at radius 2 is 0.551 bits per heavy atom. The molecule has 3 aromatic carbocycles. The van der Waals surface area contributed by atoms with Crippen LogP contribution in [0.1, 0.15) is 20.3 Å². The molecule has 0 aromatic heterocycles. The molecular formula is C54H102O12Si12. The van der Waals surface area contributed by atoms with Gasteiger partial charge in [-0.05, 0) is 127 Å². The summed E-state index contributed by atoms with van der Waals surface area (Å²) in [6, 6.07) is 30.5. The van der Waals surface area contributed by atoms with E-state index >= 15 is 0 Å². The summed E-state index contributed by atoms with van der Waals surface area (Å²) in [6.45, 7) is 66.3. The van der Waals surface area contributed by atoms with E-state index in [4.69, 9.17) is 50.3 Å². The van der Waals surface area contributed by atoms with Crippen molar-refractivity contribution in [2.75, 3.05) is 20.3 Å². The van der Waals surface area contributed by atoms with Crippen LogP contribution in [0.2, 0.25) is 118 Å². The molecule has 3 aromatic rings. The van der Waals surface area contributed by atoms with Crippen molar-refractivity contribution in [1.82, 2.24) is 0 Å². The predicted octanol–water partition coefficient (Wildman–Crippen LogP) is 13.4. The Morgan fingerprint density at radius 3 is 0.782 bits per heavy atom. The van der Waals surface area contributed by atoms with E-state index < -0.39 is 102 Å². The molecule has 78 heavy (non-hydrogen) atoms. The summed E-state index contributed by atoms with van der Waals surface area (Å²) in [5.41, 5.74) is 11.5. The van der Waals surface area contributed by atoms with Gasteiger partial charge in [0.1, 0.15) is 0 Å². The highest BCUT2D eigenvalue weighted by Gasteiger charge is 2.53. The van der Waals surface area contributed by atoms with Gasteiger partial charge in [0.25, 0.3) is 0 Å². The van der Waals surface area contributed by atoms with Crippen LogP contribution in [-0.2, 0) is 50.3 Å². The van der Waals surface area contributed by atoms with Gasteiger partial charge in [-0.3, -0.25) is 0 Å². The molecule has 12 nitrogen and oxygen atoms in total. The molecule has 0 heterocycles. The summed E-state index contributed by atoms with van der Waals surface area (Å²) in [7, 11) is -27.9. The minimum absolute atomic E-state index is 0.534. The normalized spacial score (nSPS) is 17.2. The van der Waals surface area contributed by atoms with Crippen molar-refractivity contribution < 1.29 is 50.3 Å². The van der Waals surface area contributed by atoms with Crippen LogP contribution in [0.25, 0.3) is 0 Å². The number of rotatable bonds is 33. The molecule has 0 radical (unpaired) electrons. The predicted molar refractivity (Wildman–Crippen MR) is 359 cm³/mol. The van der Waals surface area contributed by atoms with Crippen LogP contribution < -0.4 is 15.6 Å². The smallest absolute Gasteiger partial charge is 0.430 e. The molecule has 0 saturated carbocycles. The molecule has 0 aliphatic heterocycles. The zero-order chi connectivity index (χ0) is 60.2. The van der Waals surface area contributed by atoms with E-state index in [2.05, 4.69) is 181 Å². The maximum atomic E-state index is 6.77. The molecule has 438 valence electrons. The second-order valence-corrected chi connectivity index (χ2v) is 65.4. The Balaban J connectivity index is 0.000000585. The summed E-state index contributed by atoms with van der Waals surface area (Å²) in [6.07, 6.45) is 0.906. The van der Waals surface area contributed by atoms with Crippen LogP contribution in [0.15, 0.2) is 165 Å². The third-order valence-electron chi connectivity index (χ3n) is 12.0. The largest absolute Gasteiger partial charge is 0.478 e. The van der Waals surface area contributed by atoms with Gasteiger partial charge in [0, 0.05) is 40.0 Å². The minimum Gasteiger partial charge on any atom is -0.430 e. The van der Waals surface area contributed by atoms with Gasteiger partial charge in [0.15, 0.2) is 25.0 Å². The van der Waals surface area contributed by atoms with Crippen LogP contribution in [0.4, 0.5) is 0 Å². The van der Waals surface area contributed by atoms with E-state index in [1.54, 1.807) is 7.11 Å². The van der Waals surface area contributed by atoms with E-state index in [-0.39, 0.29) is 0 Å². The molecule has 0 spiro atoms. The Hall–Kier alpha value is -1.78. The fourth-order valence-electron chi connectivity index (χ4n) is 7.70. The standard InChI is InChI=1S/C19H36O4Si4.C18H34O4Si4.C17H32O4Si4/c1-10-18-20-27(9,22-25(6,7)12-3)23-26(8,21-24(4,5)11-2)19-16-14-13-15-17-19;1-10-19-26(9,21-24(6,7)12-3)22-25(8,20-23(4,5)11-2)18-16-14-13-15-17-18;1-10-22(4,5)19-24(8,17-15-13-12-14-16-17)21-25(9,18-3)20-23(6,7)11-2/h11-17H,2-3,10,18H2,1,4-9H3;11-17H,2-3,10H2,1,4-9H3;10-16H,1-2H2,3-9H3. The van der Waals surface area contributed by atoms with Crippen molar-refractivity contribution in [3.63, 3.8) is 0 Å². The zero-order valence-electron chi connectivity index (χ0n) is 51.9. The first-order valence-electron chi connectivity index (χ1n) is 26.9. The molecule has 6 atom stereocenters. The lowest BCUT2D eigenvalue weighted by Crippen LogP contribution is -2.65. The molecule has 0 bridgehead atoms. The number of hydrogen-bond acceptors (Lipinski definition) is 12. The van der Waals surface area contributed by atoms with Gasteiger partial charge in [-0.1, -0.05) is 132 Å². The average Bonchev–Trinajstić information content (AvgIpc) is 3.35. The lowest BCUT2D eigenvalue weighted by molar-refractivity contribution is 0.158. The Morgan fingerprint density at radius 1 is 0.321 bits per heavy atom. The van der Waals surface area contributed by atoms with Crippen LogP contribution in [-0.4, -0.2) is 122 Å². The Bertz CT molecular complexity index is 2340. The first kappa shape index (κ1) is 74.2. The van der Waals surface area contributed by atoms with Gasteiger partial charge < -0.3 is 50.3 Å². The third-order valence-corrected chi connectivity index (χ3v) is 55.3. The molecule has 3 rings (SSSR count). The second-order valence-electron chi connectivity index (χ2n) is 22.8. The van der Waals surface area contributed by atoms with Crippen molar-refractivity contribution in [2.24, 2.45) is 0 Å². The molecule has 24 heteroatoms. The fraction of sp³-hybridized carbons (Fsp3) is 0.444. The average molecular weight is 1280 g/mol. The monoisotopic (exact) mass is 1280 g/mol. The lowest BCUT2D eigenvalue weighted by atomic mass is 10.4. The molecule has 0 fully saturated rings. The van der Waals surface area contributed by atoms with Crippen molar-refractivity contribution >= 4 is 118 Å².